The lowest BCUT2D eigenvalue weighted by Gasteiger charge is -2.01. The molecule has 0 saturated heterocycles. The van der Waals surface area contributed by atoms with Gasteiger partial charge in [0.15, 0.2) is 11.6 Å². The highest BCUT2D eigenvalue weighted by atomic mass is 32.1. The minimum absolute atomic E-state index is 0.0606. The monoisotopic (exact) mass is 266 g/mol. The van der Waals surface area contributed by atoms with Gasteiger partial charge in [0.05, 0.1) is 5.57 Å². The molecular formula is C13H8F2O2S. The Morgan fingerprint density at radius 3 is 2.61 bits per heavy atom. The predicted octanol–water partition coefficient (Wildman–Crippen LogP) is 3.65. The normalized spacial score (nSPS) is 11.6. The highest BCUT2D eigenvalue weighted by Gasteiger charge is 2.13. The van der Waals surface area contributed by atoms with Crippen molar-refractivity contribution in [1.82, 2.24) is 0 Å². The fourth-order valence-electron chi connectivity index (χ4n) is 1.46. The van der Waals surface area contributed by atoms with Crippen LogP contribution in [0.25, 0.3) is 11.6 Å². The molecule has 0 unspecified atom stereocenters. The summed E-state index contributed by atoms with van der Waals surface area (Å²) in [6.45, 7) is 0. The number of rotatable bonds is 3. The molecule has 2 aromatic rings. The Bertz CT molecular complexity index is 603. The van der Waals surface area contributed by atoms with E-state index < -0.39 is 17.6 Å². The second kappa shape index (κ2) is 5.10. The second-order valence-electron chi connectivity index (χ2n) is 3.48. The summed E-state index contributed by atoms with van der Waals surface area (Å²) in [6, 6.07) is 6.95. The van der Waals surface area contributed by atoms with Crippen LogP contribution in [0, 0.1) is 11.6 Å². The van der Waals surface area contributed by atoms with Crippen LogP contribution < -0.4 is 0 Å². The third-order valence-corrected chi connectivity index (χ3v) is 3.20. The van der Waals surface area contributed by atoms with Gasteiger partial charge in [0.1, 0.15) is 0 Å². The van der Waals surface area contributed by atoms with Gasteiger partial charge >= 0.3 is 5.97 Å². The van der Waals surface area contributed by atoms with Gasteiger partial charge in [0.25, 0.3) is 0 Å². The standard InChI is InChI=1S/C13H8F2O2S/c14-10-4-1-3-8(12(10)15)7-9(13(16)17)11-5-2-6-18-11/h1-7H,(H,16,17). The summed E-state index contributed by atoms with van der Waals surface area (Å²) < 4.78 is 26.5. The summed E-state index contributed by atoms with van der Waals surface area (Å²) in [7, 11) is 0. The van der Waals surface area contributed by atoms with Crippen molar-refractivity contribution in [2.24, 2.45) is 0 Å². The van der Waals surface area contributed by atoms with Gasteiger partial charge in [-0.15, -0.1) is 11.3 Å². The lowest BCUT2D eigenvalue weighted by Crippen LogP contribution is -1.98. The van der Waals surface area contributed by atoms with Crippen LogP contribution in [0.4, 0.5) is 8.78 Å². The molecule has 1 N–H and O–H groups in total. The average Bonchev–Trinajstić information content (AvgIpc) is 2.84. The molecule has 0 atom stereocenters. The summed E-state index contributed by atoms with van der Waals surface area (Å²) in [5.74, 6) is -3.23. The third kappa shape index (κ3) is 2.46. The van der Waals surface area contributed by atoms with Gasteiger partial charge in [0.2, 0.25) is 0 Å². The first-order valence-electron chi connectivity index (χ1n) is 5.02. The van der Waals surface area contributed by atoms with E-state index in [-0.39, 0.29) is 11.1 Å². The Morgan fingerprint density at radius 1 is 1.22 bits per heavy atom. The zero-order valence-corrected chi connectivity index (χ0v) is 9.88. The van der Waals surface area contributed by atoms with Gasteiger partial charge in [-0.05, 0) is 23.6 Å². The first-order valence-corrected chi connectivity index (χ1v) is 5.90. The fourth-order valence-corrected chi connectivity index (χ4v) is 2.19. The van der Waals surface area contributed by atoms with E-state index in [2.05, 4.69) is 0 Å². The summed E-state index contributed by atoms with van der Waals surface area (Å²) >= 11 is 1.22. The lowest BCUT2D eigenvalue weighted by molar-refractivity contribution is -0.130. The Labute approximate surface area is 106 Å². The van der Waals surface area contributed by atoms with Crippen molar-refractivity contribution < 1.29 is 18.7 Å². The van der Waals surface area contributed by atoms with Crippen molar-refractivity contribution in [2.45, 2.75) is 0 Å². The second-order valence-corrected chi connectivity index (χ2v) is 4.43. The van der Waals surface area contributed by atoms with E-state index in [9.17, 15) is 13.6 Å². The molecule has 1 aromatic carbocycles. The van der Waals surface area contributed by atoms with Gasteiger partial charge in [-0.3, -0.25) is 0 Å². The number of halogens is 2. The van der Waals surface area contributed by atoms with Crippen LogP contribution in [-0.2, 0) is 4.79 Å². The molecule has 0 aliphatic carbocycles. The molecule has 0 amide bonds. The molecule has 0 saturated carbocycles. The number of thiophene rings is 1. The molecule has 0 aliphatic rings. The number of carboxylic acid groups (broad SMARTS) is 1. The molecule has 1 aromatic heterocycles. The highest BCUT2D eigenvalue weighted by molar-refractivity contribution is 7.11. The topological polar surface area (TPSA) is 37.3 Å². The van der Waals surface area contributed by atoms with Gasteiger partial charge in [-0.2, -0.15) is 0 Å². The molecule has 0 bridgehead atoms. The minimum atomic E-state index is -1.18. The molecular weight excluding hydrogens is 258 g/mol. The van der Waals surface area contributed by atoms with Crippen molar-refractivity contribution in [2.75, 3.05) is 0 Å². The summed E-state index contributed by atoms with van der Waals surface area (Å²) in [5, 5.41) is 10.8. The predicted molar refractivity (Wildman–Crippen MR) is 66.2 cm³/mol. The van der Waals surface area contributed by atoms with Gasteiger partial charge < -0.3 is 5.11 Å². The largest absolute Gasteiger partial charge is 0.478 e. The van der Waals surface area contributed by atoms with Gasteiger partial charge in [-0.1, -0.05) is 18.2 Å². The molecule has 0 fully saturated rings. The number of aliphatic carboxylic acids is 1. The van der Waals surface area contributed by atoms with E-state index >= 15 is 0 Å². The molecule has 2 nitrogen and oxygen atoms in total. The van der Waals surface area contributed by atoms with Crippen molar-refractivity contribution in [1.29, 1.82) is 0 Å². The number of hydrogen-bond acceptors (Lipinski definition) is 2. The van der Waals surface area contributed by atoms with E-state index in [1.165, 1.54) is 23.5 Å². The van der Waals surface area contributed by atoms with E-state index in [1.807, 2.05) is 0 Å². The Hall–Kier alpha value is -2.01. The zero-order valence-electron chi connectivity index (χ0n) is 9.06. The number of hydrogen-bond donors (Lipinski definition) is 1. The van der Waals surface area contributed by atoms with Crippen LogP contribution in [0.1, 0.15) is 10.4 Å². The lowest BCUT2D eigenvalue weighted by atomic mass is 10.1. The van der Waals surface area contributed by atoms with Crippen LogP contribution in [-0.4, -0.2) is 11.1 Å². The zero-order chi connectivity index (χ0) is 13.1. The van der Waals surface area contributed by atoms with Gasteiger partial charge in [-0.25, -0.2) is 13.6 Å². The number of benzene rings is 1. The first kappa shape index (κ1) is 12.4. The van der Waals surface area contributed by atoms with Crippen molar-refractivity contribution >= 4 is 29.0 Å². The molecule has 92 valence electrons. The van der Waals surface area contributed by atoms with Crippen LogP contribution in [0.3, 0.4) is 0 Å². The number of carboxylic acids is 1. The maximum Gasteiger partial charge on any atom is 0.337 e. The molecule has 5 heteroatoms. The molecule has 18 heavy (non-hydrogen) atoms. The molecule has 1 heterocycles. The quantitative estimate of drug-likeness (QED) is 0.861. The summed E-state index contributed by atoms with van der Waals surface area (Å²) in [5.41, 5.74) is -0.143. The van der Waals surface area contributed by atoms with Crippen LogP contribution in [0.2, 0.25) is 0 Å². The van der Waals surface area contributed by atoms with Crippen molar-refractivity contribution in [3.05, 3.63) is 57.8 Å². The van der Waals surface area contributed by atoms with Crippen LogP contribution in [0.5, 0.6) is 0 Å². The maximum absolute atomic E-state index is 13.5. The summed E-state index contributed by atoms with van der Waals surface area (Å²) in [4.78, 5) is 11.6. The Kier molecular flexibility index (Phi) is 3.53. The van der Waals surface area contributed by atoms with Crippen molar-refractivity contribution in [3.8, 4) is 0 Å². The third-order valence-electron chi connectivity index (χ3n) is 2.30. The highest BCUT2D eigenvalue weighted by Crippen LogP contribution is 2.24. The van der Waals surface area contributed by atoms with Gasteiger partial charge in [0, 0.05) is 10.4 Å². The number of carbonyl (C=O) groups is 1. The Balaban J connectivity index is 2.52. The average molecular weight is 266 g/mol. The van der Waals surface area contributed by atoms with Crippen molar-refractivity contribution in [3.63, 3.8) is 0 Å². The molecule has 0 spiro atoms. The SMILES string of the molecule is O=C(O)C(=Cc1cccc(F)c1F)c1cccs1. The van der Waals surface area contributed by atoms with E-state index in [0.29, 0.717) is 4.88 Å². The van der Waals surface area contributed by atoms with E-state index in [4.69, 9.17) is 5.11 Å². The summed E-state index contributed by atoms with van der Waals surface area (Å²) in [6.07, 6.45) is 1.13. The van der Waals surface area contributed by atoms with E-state index in [1.54, 1.807) is 17.5 Å². The molecule has 0 radical (unpaired) electrons. The van der Waals surface area contributed by atoms with E-state index in [0.717, 1.165) is 12.1 Å². The first-order chi connectivity index (χ1) is 8.59. The molecule has 0 aliphatic heterocycles. The maximum atomic E-state index is 13.5. The van der Waals surface area contributed by atoms with Crippen LogP contribution >= 0.6 is 11.3 Å². The molecule has 2 rings (SSSR count). The smallest absolute Gasteiger partial charge is 0.337 e. The van der Waals surface area contributed by atoms with Crippen LogP contribution in [0.15, 0.2) is 35.7 Å². The minimum Gasteiger partial charge on any atom is -0.478 e. The fraction of sp³-hybridized carbons (Fsp3) is 0. The Morgan fingerprint density at radius 2 is 2.00 bits per heavy atom.